The van der Waals surface area contributed by atoms with Gasteiger partial charge in [-0.25, -0.2) is 0 Å². The summed E-state index contributed by atoms with van der Waals surface area (Å²) in [5.41, 5.74) is 2.70. The summed E-state index contributed by atoms with van der Waals surface area (Å²) in [6.45, 7) is 9.15. The largest absolute Gasteiger partial charge is 0.384 e. The molecule has 1 aliphatic heterocycles. The number of ether oxygens (including phenoxy) is 1. The van der Waals surface area contributed by atoms with Gasteiger partial charge in [0.25, 0.3) is 0 Å². The van der Waals surface area contributed by atoms with Gasteiger partial charge in [0.05, 0.1) is 13.2 Å². The Hall–Kier alpha value is -0.500. The van der Waals surface area contributed by atoms with Crippen LogP contribution in [-0.4, -0.2) is 19.8 Å². The second-order valence-electron chi connectivity index (χ2n) is 3.30. The molecule has 1 aliphatic rings. The first-order valence-electron chi connectivity index (χ1n) is 4.23. The first kappa shape index (κ1) is 8.60. The standard InChI is InChI=1S/C9H17NO/c1-7(2)8(3)9-6-11-5-4-10-9/h7,10H,4-6H2,1-3H3/b9-8-. The maximum absolute atomic E-state index is 5.33. The highest BCUT2D eigenvalue weighted by Crippen LogP contribution is 2.13. The predicted octanol–water partition coefficient (Wildman–Crippen LogP) is 1.54. The third kappa shape index (κ3) is 2.22. The zero-order valence-corrected chi connectivity index (χ0v) is 7.61. The van der Waals surface area contributed by atoms with Gasteiger partial charge < -0.3 is 10.1 Å². The van der Waals surface area contributed by atoms with Crippen LogP contribution in [0.4, 0.5) is 0 Å². The summed E-state index contributed by atoms with van der Waals surface area (Å²) in [4.78, 5) is 0. The van der Waals surface area contributed by atoms with Gasteiger partial charge in [-0.2, -0.15) is 0 Å². The fourth-order valence-electron chi connectivity index (χ4n) is 1.10. The molecule has 2 heteroatoms. The van der Waals surface area contributed by atoms with Crippen molar-refractivity contribution in [1.29, 1.82) is 0 Å². The summed E-state index contributed by atoms with van der Waals surface area (Å²) in [7, 11) is 0. The molecule has 2 nitrogen and oxygen atoms in total. The number of rotatable bonds is 1. The van der Waals surface area contributed by atoms with Crippen molar-refractivity contribution < 1.29 is 4.74 Å². The molecule has 0 aliphatic carbocycles. The minimum absolute atomic E-state index is 0.624. The smallest absolute Gasteiger partial charge is 0.0862 e. The van der Waals surface area contributed by atoms with Gasteiger partial charge in [0, 0.05) is 12.2 Å². The molecule has 0 radical (unpaired) electrons. The van der Waals surface area contributed by atoms with E-state index in [1.807, 2.05) is 0 Å². The molecule has 1 N–H and O–H groups in total. The fraction of sp³-hybridized carbons (Fsp3) is 0.778. The summed E-state index contributed by atoms with van der Waals surface area (Å²) in [6.07, 6.45) is 0. The van der Waals surface area contributed by atoms with Crippen molar-refractivity contribution in [2.45, 2.75) is 20.8 Å². The Balaban J connectivity index is 2.60. The molecular weight excluding hydrogens is 138 g/mol. The topological polar surface area (TPSA) is 21.3 Å². The van der Waals surface area contributed by atoms with Crippen LogP contribution in [-0.2, 0) is 4.74 Å². The van der Waals surface area contributed by atoms with Crippen molar-refractivity contribution in [1.82, 2.24) is 5.32 Å². The first-order valence-corrected chi connectivity index (χ1v) is 4.23. The van der Waals surface area contributed by atoms with E-state index in [1.54, 1.807) is 0 Å². The van der Waals surface area contributed by atoms with Crippen molar-refractivity contribution in [3.63, 3.8) is 0 Å². The third-order valence-electron chi connectivity index (χ3n) is 2.17. The molecule has 0 bridgehead atoms. The molecule has 0 saturated carbocycles. The van der Waals surface area contributed by atoms with Gasteiger partial charge in [-0.15, -0.1) is 0 Å². The molecular formula is C9H17NO. The highest BCUT2D eigenvalue weighted by Gasteiger charge is 2.09. The van der Waals surface area contributed by atoms with E-state index in [-0.39, 0.29) is 0 Å². The second-order valence-corrected chi connectivity index (χ2v) is 3.30. The van der Waals surface area contributed by atoms with Gasteiger partial charge in [-0.3, -0.25) is 0 Å². The van der Waals surface area contributed by atoms with E-state index in [2.05, 4.69) is 26.1 Å². The number of hydrogen-bond acceptors (Lipinski definition) is 2. The summed E-state index contributed by atoms with van der Waals surface area (Å²) in [5.74, 6) is 0.624. The number of morpholine rings is 1. The molecule has 0 atom stereocenters. The molecule has 0 aromatic rings. The molecule has 11 heavy (non-hydrogen) atoms. The maximum atomic E-state index is 5.33. The summed E-state index contributed by atoms with van der Waals surface area (Å²) in [6, 6.07) is 0. The minimum Gasteiger partial charge on any atom is -0.384 e. The van der Waals surface area contributed by atoms with Crippen LogP contribution < -0.4 is 5.32 Å². The Morgan fingerprint density at radius 2 is 2.27 bits per heavy atom. The van der Waals surface area contributed by atoms with Gasteiger partial charge >= 0.3 is 0 Å². The quantitative estimate of drug-likeness (QED) is 0.620. The van der Waals surface area contributed by atoms with Gasteiger partial charge in [0.15, 0.2) is 0 Å². The average molecular weight is 155 g/mol. The van der Waals surface area contributed by atoms with E-state index in [0.29, 0.717) is 5.92 Å². The van der Waals surface area contributed by atoms with Gasteiger partial charge in [-0.05, 0) is 18.4 Å². The number of hydrogen-bond donors (Lipinski definition) is 1. The van der Waals surface area contributed by atoms with Crippen molar-refractivity contribution in [3.05, 3.63) is 11.3 Å². The molecule has 1 heterocycles. The zero-order valence-electron chi connectivity index (χ0n) is 7.61. The molecule has 0 unspecified atom stereocenters. The van der Waals surface area contributed by atoms with Crippen molar-refractivity contribution in [3.8, 4) is 0 Å². The lowest BCUT2D eigenvalue weighted by atomic mass is 10.0. The highest BCUT2D eigenvalue weighted by atomic mass is 16.5. The van der Waals surface area contributed by atoms with E-state index >= 15 is 0 Å². The Morgan fingerprint density at radius 1 is 1.55 bits per heavy atom. The first-order chi connectivity index (χ1) is 5.22. The molecule has 0 aromatic carbocycles. The molecule has 64 valence electrons. The fourth-order valence-corrected chi connectivity index (χ4v) is 1.10. The van der Waals surface area contributed by atoms with Gasteiger partial charge in [0.1, 0.15) is 0 Å². The molecule has 0 aromatic heterocycles. The van der Waals surface area contributed by atoms with Crippen LogP contribution in [0.2, 0.25) is 0 Å². The average Bonchev–Trinajstić information content (AvgIpc) is 2.05. The van der Waals surface area contributed by atoms with Crippen LogP contribution in [0, 0.1) is 5.92 Å². The van der Waals surface area contributed by atoms with Crippen molar-refractivity contribution in [2.24, 2.45) is 5.92 Å². The number of allylic oxidation sites excluding steroid dienone is 1. The van der Waals surface area contributed by atoms with E-state index in [1.165, 1.54) is 11.3 Å². The van der Waals surface area contributed by atoms with E-state index in [4.69, 9.17) is 4.74 Å². The molecule has 1 rings (SSSR count). The number of nitrogens with one attached hydrogen (secondary N) is 1. The monoisotopic (exact) mass is 155 g/mol. The Bertz CT molecular complexity index is 153. The molecule has 1 fully saturated rings. The SMILES string of the molecule is C/C(=C1\COCCN1)C(C)C. The lowest BCUT2D eigenvalue weighted by Gasteiger charge is -2.21. The van der Waals surface area contributed by atoms with Crippen LogP contribution in [0.25, 0.3) is 0 Å². The van der Waals surface area contributed by atoms with Crippen LogP contribution in [0.15, 0.2) is 11.3 Å². The predicted molar refractivity (Wildman–Crippen MR) is 46.4 cm³/mol. The lowest BCUT2D eigenvalue weighted by Crippen LogP contribution is -2.30. The van der Waals surface area contributed by atoms with Crippen molar-refractivity contribution in [2.75, 3.05) is 19.8 Å². The van der Waals surface area contributed by atoms with Crippen LogP contribution in [0.5, 0.6) is 0 Å². The van der Waals surface area contributed by atoms with E-state index < -0.39 is 0 Å². The maximum Gasteiger partial charge on any atom is 0.0862 e. The van der Waals surface area contributed by atoms with Gasteiger partial charge in [-0.1, -0.05) is 13.8 Å². The Morgan fingerprint density at radius 3 is 2.73 bits per heavy atom. The summed E-state index contributed by atoms with van der Waals surface area (Å²) < 4.78 is 5.33. The minimum atomic E-state index is 0.624. The van der Waals surface area contributed by atoms with Crippen LogP contribution in [0.3, 0.4) is 0 Å². The van der Waals surface area contributed by atoms with Crippen LogP contribution >= 0.6 is 0 Å². The zero-order chi connectivity index (χ0) is 8.27. The normalized spacial score (nSPS) is 23.3. The third-order valence-corrected chi connectivity index (χ3v) is 2.17. The van der Waals surface area contributed by atoms with Crippen LogP contribution in [0.1, 0.15) is 20.8 Å². The second kappa shape index (κ2) is 3.77. The summed E-state index contributed by atoms with van der Waals surface area (Å²) >= 11 is 0. The molecule has 1 saturated heterocycles. The van der Waals surface area contributed by atoms with E-state index in [9.17, 15) is 0 Å². The Kier molecular flexibility index (Phi) is 2.94. The Labute approximate surface area is 68.6 Å². The summed E-state index contributed by atoms with van der Waals surface area (Å²) in [5, 5.41) is 3.35. The lowest BCUT2D eigenvalue weighted by molar-refractivity contribution is 0.130. The van der Waals surface area contributed by atoms with Gasteiger partial charge in [0.2, 0.25) is 0 Å². The van der Waals surface area contributed by atoms with E-state index in [0.717, 1.165) is 19.8 Å². The molecule has 0 spiro atoms. The van der Waals surface area contributed by atoms with Crippen molar-refractivity contribution >= 4 is 0 Å². The molecule has 0 amide bonds. The highest BCUT2D eigenvalue weighted by molar-refractivity contribution is 5.13.